The molecule has 1 aliphatic rings. The highest BCUT2D eigenvalue weighted by Crippen LogP contribution is 2.29. The molecule has 1 atom stereocenters. The second-order valence-electron chi connectivity index (χ2n) is 5.71. The lowest BCUT2D eigenvalue weighted by atomic mass is 9.90. The molecule has 2 nitrogen and oxygen atoms in total. The lowest BCUT2D eigenvalue weighted by Gasteiger charge is -2.42. The van der Waals surface area contributed by atoms with Crippen LogP contribution in [0.15, 0.2) is 0 Å². The fraction of sp³-hybridized carbons (Fsp3) is 1.00. The second kappa shape index (κ2) is 7.38. The van der Waals surface area contributed by atoms with Gasteiger partial charge in [-0.15, -0.1) is 0 Å². The van der Waals surface area contributed by atoms with Gasteiger partial charge in [-0.25, -0.2) is 0 Å². The largest absolute Gasteiger partial charge is 0.329 e. The topological polar surface area (TPSA) is 29.3 Å². The van der Waals surface area contributed by atoms with Gasteiger partial charge in [0, 0.05) is 12.1 Å². The highest BCUT2D eigenvalue weighted by atomic mass is 15.2. The van der Waals surface area contributed by atoms with E-state index < -0.39 is 0 Å². The van der Waals surface area contributed by atoms with Crippen molar-refractivity contribution in [1.29, 1.82) is 0 Å². The van der Waals surface area contributed by atoms with Crippen molar-refractivity contribution in [3.05, 3.63) is 0 Å². The van der Waals surface area contributed by atoms with Crippen LogP contribution in [-0.4, -0.2) is 30.1 Å². The Morgan fingerprint density at radius 3 is 2.35 bits per heavy atom. The minimum absolute atomic E-state index is 0.279. The van der Waals surface area contributed by atoms with E-state index in [-0.39, 0.29) is 5.54 Å². The molecule has 17 heavy (non-hydrogen) atoms. The van der Waals surface area contributed by atoms with E-state index in [0.29, 0.717) is 0 Å². The Morgan fingerprint density at radius 1 is 1.12 bits per heavy atom. The van der Waals surface area contributed by atoms with Gasteiger partial charge >= 0.3 is 0 Å². The molecule has 1 heterocycles. The Hall–Kier alpha value is -0.0800. The Labute approximate surface area is 108 Å². The van der Waals surface area contributed by atoms with E-state index in [4.69, 9.17) is 5.73 Å². The molecule has 102 valence electrons. The maximum Gasteiger partial charge on any atom is 0.0326 e. The van der Waals surface area contributed by atoms with E-state index >= 15 is 0 Å². The normalized spacial score (nSPS) is 23.6. The quantitative estimate of drug-likeness (QED) is 0.771. The third-order valence-electron chi connectivity index (χ3n) is 4.91. The van der Waals surface area contributed by atoms with Crippen LogP contribution in [0.5, 0.6) is 0 Å². The smallest absolute Gasteiger partial charge is 0.0326 e. The summed E-state index contributed by atoms with van der Waals surface area (Å²) in [4.78, 5) is 2.70. The van der Waals surface area contributed by atoms with E-state index in [1.165, 1.54) is 58.0 Å². The molecule has 0 aromatic rings. The molecular formula is C15H32N2. The van der Waals surface area contributed by atoms with Gasteiger partial charge in [-0.05, 0) is 51.1 Å². The summed E-state index contributed by atoms with van der Waals surface area (Å²) in [5.41, 5.74) is 6.34. The molecule has 2 N–H and O–H groups in total. The molecule has 0 aliphatic carbocycles. The predicted molar refractivity (Wildman–Crippen MR) is 76.2 cm³/mol. The molecule has 0 aromatic heterocycles. The summed E-state index contributed by atoms with van der Waals surface area (Å²) in [5, 5.41) is 0. The average molecular weight is 240 g/mol. The highest BCUT2D eigenvalue weighted by Gasteiger charge is 2.33. The van der Waals surface area contributed by atoms with E-state index in [9.17, 15) is 0 Å². The zero-order valence-electron chi connectivity index (χ0n) is 12.2. The maximum absolute atomic E-state index is 6.06. The van der Waals surface area contributed by atoms with Crippen molar-refractivity contribution in [3.63, 3.8) is 0 Å². The number of rotatable bonds is 6. The maximum atomic E-state index is 6.06. The molecule has 0 radical (unpaired) electrons. The average Bonchev–Trinajstić information content (AvgIpc) is 2.59. The molecule has 0 amide bonds. The SMILES string of the molecule is CCCC1CCCN(C(CC)(CC)CN)CC1. The molecule has 1 unspecified atom stereocenters. The van der Waals surface area contributed by atoms with Gasteiger partial charge in [0.05, 0.1) is 0 Å². The Kier molecular flexibility index (Phi) is 6.50. The zero-order valence-corrected chi connectivity index (χ0v) is 12.2. The Bertz CT molecular complexity index is 191. The van der Waals surface area contributed by atoms with Crippen molar-refractivity contribution in [1.82, 2.24) is 4.90 Å². The Balaban J connectivity index is 2.60. The standard InChI is InChI=1S/C15H32N2/c1-4-8-14-9-7-11-17(12-10-14)15(5-2,6-3)13-16/h14H,4-13,16H2,1-3H3. The third kappa shape index (κ3) is 3.69. The number of hydrogen-bond acceptors (Lipinski definition) is 2. The first kappa shape index (κ1) is 15.0. The van der Waals surface area contributed by atoms with Crippen molar-refractivity contribution in [2.24, 2.45) is 11.7 Å². The van der Waals surface area contributed by atoms with Crippen LogP contribution in [0.3, 0.4) is 0 Å². The van der Waals surface area contributed by atoms with Crippen molar-refractivity contribution < 1.29 is 0 Å². The summed E-state index contributed by atoms with van der Waals surface area (Å²) in [5.74, 6) is 0.967. The van der Waals surface area contributed by atoms with Gasteiger partial charge in [0.1, 0.15) is 0 Å². The van der Waals surface area contributed by atoms with Crippen molar-refractivity contribution in [2.75, 3.05) is 19.6 Å². The van der Waals surface area contributed by atoms with Crippen LogP contribution in [0.1, 0.15) is 65.7 Å². The molecular weight excluding hydrogens is 208 g/mol. The molecule has 1 rings (SSSR count). The summed E-state index contributed by atoms with van der Waals surface area (Å²) in [6.45, 7) is 10.3. The van der Waals surface area contributed by atoms with Crippen LogP contribution in [0.4, 0.5) is 0 Å². The van der Waals surface area contributed by atoms with Crippen LogP contribution in [0.25, 0.3) is 0 Å². The van der Waals surface area contributed by atoms with Gasteiger partial charge in [-0.2, -0.15) is 0 Å². The third-order valence-corrected chi connectivity index (χ3v) is 4.91. The van der Waals surface area contributed by atoms with E-state index in [1.54, 1.807) is 0 Å². The first-order chi connectivity index (χ1) is 8.22. The minimum Gasteiger partial charge on any atom is -0.329 e. The van der Waals surface area contributed by atoms with Gasteiger partial charge in [0.15, 0.2) is 0 Å². The molecule has 1 fully saturated rings. The fourth-order valence-electron chi connectivity index (χ4n) is 3.45. The van der Waals surface area contributed by atoms with Crippen molar-refractivity contribution in [3.8, 4) is 0 Å². The molecule has 1 saturated heterocycles. The number of hydrogen-bond donors (Lipinski definition) is 1. The summed E-state index contributed by atoms with van der Waals surface area (Å²) in [6.07, 6.45) is 9.33. The lowest BCUT2D eigenvalue weighted by Crippen LogP contribution is -2.53. The van der Waals surface area contributed by atoms with Gasteiger partial charge in [-0.3, -0.25) is 4.90 Å². The predicted octanol–water partition coefficient (Wildman–Crippen LogP) is 3.41. The van der Waals surface area contributed by atoms with E-state index in [1.807, 2.05) is 0 Å². The van der Waals surface area contributed by atoms with Crippen LogP contribution in [-0.2, 0) is 0 Å². The van der Waals surface area contributed by atoms with Gasteiger partial charge < -0.3 is 5.73 Å². The van der Waals surface area contributed by atoms with Crippen LogP contribution in [0, 0.1) is 5.92 Å². The molecule has 1 aliphatic heterocycles. The molecule has 0 bridgehead atoms. The zero-order chi connectivity index (χ0) is 12.7. The first-order valence-corrected chi connectivity index (χ1v) is 7.67. The van der Waals surface area contributed by atoms with Gasteiger partial charge in [0.2, 0.25) is 0 Å². The van der Waals surface area contributed by atoms with Crippen molar-refractivity contribution in [2.45, 2.75) is 71.3 Å². The van der Waals surface area contributed by atoms with Crippen LogP contribution in [0.2, 0.25) is 0 Å². The summed E-state index contributed by atoms with van der Waals surface area (Å²) in [6, 6.07) is 0. The molecule has 0 saturated carbocycles. The summed E-state index contributed by atoms with van der Waals surface area (Å²) >= 11 is 0. The van der Waals surface area contributed by atoms with E-state index in [0.717, 1.165) is 12.5 Å². The fourth-order valence-corrected chi connectivity index (χ4v) is 3.45. The van der Waals surface area contributed by atoms with Crippen LogP contribution >= 0.6 is 0 Å². The van der Waals surface area contributed by atoms with E-state index in [2.05, 4.69) is 25.7 Å². The van der Waals surface area contributed by atoms with Crippen molar-refractivity contribution >= 4 is 0 Å². The summed E-state index contributed by atoms with van der Waals surface area (Å²) < 4.78 is 0. The lowest BCUT2D eigenvalue weighted by molar-refractivity contribution is 0.0875. The molecule has 2 heteroatoms. The monoisotopic (exact) mass is 240 g/mol. The first-order valence-electron chi connectivity index (χ1n) is 7.67. The number of likely N-dealkylation sites (tertiary alicyclic amines) is 1. The highest BCUT2D eigenvalue weighted by molar-refractivity contribution is 4.90. The minimum atomic E-state index is 0.279. The number of nitrogens with zero attached hydrogens (tertiary/aromatic N) is 1. The van der Waals surface area contributed by atoms with Gasteiger partial charge in [-0.1, -0.05) is 33.6 Å². The molecule has 0 aromatic carbocycles. The molecule has 0 spiro atoms. The summed E-state index contributed by atoms with van der Waals surface area (Å²) in [7, 11) is 0. The van der Waals surface area contributed by atoms with Crippen LogP contribution < -0.4 is 5.73 Å². The second-order valence-corrected chi connectivity index (χ2v) is 5.71. The van der Waals surface area contributed by atoms with Gasteiger partial charge in [0.25, 0.3) is 0 Å². The Morgan fingerprint density at radius 2 is 1.82 bits per heavy atom. The number of nitrogens with two attached hydrogens (primary N) is 1.